The number of fused-ring (bicyclic) bond motifs is 2. The van der Waals surface area contributed by atoms with Gasteiger partial charge in [-0.05, 0) is 69.0 Å². The molecule has 1 saturated heterocycles. The minimum atomic E-state index is -0.668. The van der Waals surface area contributed by atoms with Gasteiger partial charge in [0, 0.05) is 52.1 Å². The lowest BCUT2D eigenvalue weighted by Gasteiger charge is -2.47. The number of anilines is 2. The first kappa shape index (κ1) is 26.4. The molecule has 38 heavy (non-hydrogen) atoms. The molecule has 2 aliphatic heterocycles. The molecule has 2 amide bonds. The predicted molar refractivity (Wildman–Crippen MR) is 149 cm³/mol. The largest absolute Gasteiger partial charge is 0.482 e. The first-order valence-electron chi connectivity index (χ1n) is 12.5. The number of primary amides is 1. The minimum absolute atomic E-state index is 0.0874. The number of halogens is 3. The molecule has 3 heterocycles. The van der Waals surface area contributed by atoms with Crippen molar-refractivity contribution in [3.8, 4) is 16.9 Å². The Hall–Kier alpha value is -3.23. The highest BCUT2D eigenvalue weighted by Gasteiger charge is 2.53. The first-order chi connectivity index (χ1) is 17.9. The summed E-state index contributed by atoms with van der Waals surface area (Å²) in [4.78, 5) is 17.7. The number of ether oxygens (including phenoxy) is 1. The molecular weight excluding hydrogens is 528 g/mol. The molecule has 0 aliphatic carbocycles. The van der Waals surface area contributed by atoms with Gasteiger partial charge in [-0.15, -0.1) is 0 Å². The van der Waals surface area contributed by atoms with Crippen molar-refractivity contribution in [1.82, 2.24) is 9.88 Å². The highest BCUT2D eigenvalue weighted by atomic mass is 35.5. The van der Waals surface area contributed by atoms with E-state index in [1.165, 1.54) is 17.7 Å². The van der Waals surface area contributed by atoms with E-state index in [2.05, 4.69) is 42.3 Å². The standard InChI is InChI=1S/C28H30Cl2FN5O2/c1-15(23-19(29)6-7-20(31)24(23)30)38-22-13-17(14-34-25(22)32)16-4-5-18-21(12-16)35-27(2,3)28(18)8-10-36(11-9-28)26(33)37/h4-7,12-15,35H,8-11H2,1-3H3,(H2,32,34)(H2,33,37)/t15-/m1/s1. The van der Waals surface area contributed by atoms with E-state index in [1.54, 1.807) is 18.0 Å². The van der Waals surface area contributed by atoms with Crippen LogP contribution in [-0.4, -0.2) is 34.5 Å². The average molecular weight is 558 g/mol. The van der Waals surface area contributed by atoms with Crippen LogP contribution in [-0.2, 0) is 5.41 Å². The molecule has 2 aromatic carbocycles. The second-order valence-electron chi connectivity index (χ2n) is 10.5. The number of likely N-dealkylation sites (tertiary alicyclic amines) is 1. The lowest BCUT2D eigenvalue weighted by Crippen LogP contribution is -2.55. The second kappa shape index (κ2) is 9.50. The van der Waals surface area contributed by atoms with Crippen molar-refractivity contribution in [2.75, 3.05) is 24.1 Å². The van der Waals surface area contributed by atoms with E-state index in [9.17, 15) is 9.18 Å². The van der Waals surface area contributed by atoms with Gasteiger partial charge in [-0.3, -0.25) is 0 Å². The van der Waals surface area contributed by atoms with Crippen LogP contribution < -0.4 is 21.5 Å². The predicted octanol–water partition coefficient (Wildman–Crippen LogP) is 6.53. The van der Waals surface area contributed by atoms with Crippen molar-refractivity contribution in [2.45, 2.75) is 50.7 Å². The second-order valence-corrected chi connectivity index (χ2v) is 11.3. The molecule has 0 radical (unpaired) electrons. The SMILES string of the molecule is C[C@@H](Oc1cc(-c2ccc3c(c2)NC(C)(C)C32CCN(C(N)=O)CC2)cnc1N)c1c(Cl)ccc(F)c1Cl. The van der Waals surface area contributed by atoms with Gasteiger partial charge in [-0.25, -0.2) is 14.2 Å². The van der Waals surface area contributed by atoms with Gasteiger partial charge in [0.2, 0.25) is 0 Å². The summed E-state index contributed by atoms with van der Waals surface area (Å²) in [5.41, 5.74) is 15.7. The summed E-state index contributed by atoms with van der Waals surface area (Å²) < 4.78 is 20.1. The highest BCUT2D eigenvalue weighted by Crippen LogP contribution is 2.54. The maximum Gasteiger partial charge on any atom is 0.314 e. The molecule has 2 aliphatic rings. The number of rotatable bonds is 4. The van der Waals surface area contributed by atoms with Gasteiger partial charge in [0.1, 0.15) is 11.9 Å². The van der Waals surface area contributed by atoms with Crippen LogP contribution in [0.25, 0.3) is 11.1 Å². The van der Waals surface area contributed by atoms with Crippen molar-refractivity contribution < 1.29 is 13.9 Å². The summed E-state index contributed by atoms with van der Waals surface area (Å²) in [6, 6.07) is 10.4. The van der Waals surface area contributed by atoms with Gasteiger partial charge in [0.15, 0.2) is 11.6 Å². The van der Waals surface area contributed by atoms with Crippen molar-refractivity contribution in [2.24, 2.45) is 5.73 Å². The number of piperidine rings is 1. The molecule has 1 atom stereocenters. The van der Waals surface area contributed by atoms with Crippen LogP contribution in [0.1, 0.15) is 50.8 Å². The molecule has 1 fully saturated rings. The smallest absolute Gasteiger partial charge is 0.314 e. The van der Waals surface area contributed by atoms with Gasteiger partial charge in [0.05, 0.1) is 5.02 Å². The zero-order chi connectivity index (χ0) is 27.4. The Morgan fingerprint density at radius 1 is 1.16 bits per heavy atom. The van der Waals surface area contributed by atoms with E-state index in [0.717, 1.165) is 29.7 Å². The van der Waals surface area contributed by atoms with Crippen LogP contribution in [0.5, 0.6) is 5.75 Å². The highest BCUT2D eigenvalue weighted by molar-refractivity contribution is 6.36. The quantitative estimate of drug-likeness (QED) is 0.316. The van der Waals surface area contributed by atoms with E-state index >= 15 is 0 Å². The molecule has 7 nitrogen and oxygen atoms in total. The summed E-state index contributed by atoms with van der Waals surface area (Å²) >= 11 is 12.5. The molecular formula is C28H30Cl2FN5O2. The molecule has 1 spiro atoms. The molecule has 5 N–H and O–H groups in total. The average Bonchev–Trinajstić information content (AvgIpc) is 3.08. The number of benzene rings is 2. The number of nitrogens with zero attached hydrogens (tertiary/aromatic N) is 2. The summed E-state index contributed by atoms with van der Waals surface area (Å²) in [5, 5.41) is 3.92. The number of hydrogen-bond acceptors (Lipinski definition) is 5. The number of carbonyl (C=O) groups excluding carboxylic acids is 1. The van der Waals surface area contributed by atoms with Gasteiger partial charge >= 0.3 is 6.03 Å². The number of nitrogen functional groups attached to an aromatic ring is 1. The monoisotopic (exact) mass is 557 g/mol. The maximum absolute atomic E-state index is 14.1. The number of carbonyl (C=O) groups is 1. The van der Waals surface area contributed by atoms with Gasteiger partial charge in [-0.1, -0.05) is 35.3 Å². The number of aromatic nitrogens is 1. The van der Waals surface area contributed by atoms with Crippen molar-refractivity contribution in [3.63, 3.8) is 0 Å². The molecule has 200 valence electrons. The first-order valence-corrected chi connectivity index (χ1v) is 13.2. The Bertz CT molecular complexity index is 1420. The number of amides is 2. The fourth-order valence-corrected chi connectivity index (χ4v) is 6.59. The van der Waals surface area contributed by atoms with Gasteiger partial charge in [0.25, 0.3) is 0 Å². The number of nitrogens with two attached hydrogens (primary N) is 2. The van der Waals surface area contributed by atoms with Gasteiger partial charge < -0.3 is 26.4 Å². The minimum Gasteiger partial charge on any atom is -0.482 e. The topological polar surface area (TPSA) is 106 Å². The third-order valence-electron chi connectivity index (χ3n) is 8.11. The van der Waals surface area contributed by atoms with Crippen molar-refractivity contribution >= 4 is 40.7 Å². The summed E-state index contributed by atoms with van der Waals surface area (Å²) in [7, 11) is 0. The van der Waals surface area contributed by atoms with Crippen molar-refractivity contribution in [1.29, 1.82) is 0 Å². The lowest BCUT2D eigenvalue weighted by atomic mass is 9.63. The Balaban J connectivity index is 1.44. The van der Waals surface area contributed by atoms with Crippen LogP contribution >= 0.6 is 23.2 Å². The molecule has 5 rings (SSSR count). The summed E-state index contributed by atoms with van der Waals surface area (Å²) in [6.07, 6.45) is 2.68. The number of urea groups is 1. The lowest BCUT2D eigenvalue weighted by molar-refractivity contribution is 0.139. The zero-order valence-electron chi connectivity index (χ0n) is 21.4. The number of hydrogen-bond donors (Lipinski definition) is 3. The van der Waals surface area contributed by atoms with E-state index in [4.69, 9.17) is 39.4 Å². The Morgan fingerprint density at radius 2 is 1.87 bits per heavy atom. The third-order valence-corrected chi connectivity index (χ3v) is 8.83. The van der Waals surface area contributed by atoms with Crippen LogP contribution in [0.3, 0.4) is 0 Å². The fraction of sp³-hybridized carbons (Fsp3) is 0.357. The number of pyridine rings is 1. The van der Waals surface area contributed by atoms with Gasteiger partial charge in [-0.2, -0.15) is 0 Å². The van der Waals surface area contributed by atoms with Crippen LogP contribution in [0.15, 0.2) is 42.6 Å². The molecule has 3 aromatic rings. The van der Waals surface area contributed by atoms with E-state index in [1.807, 2.05) is 6.07 Å². The molecule has 1 aromatic heterocycles. The van der Waals surface area contributed by atoms with Crippen molar-refractivity contribution in [3.05, 3.63) is 69.6 Å². The Kier molecular flexibility index (Phi) is 6.60. The molecule has 0 bridgehead atoms. The summed E-state index contributed by atoms with van der Waals surface area (Å²) in [5.74, 6) is -0.0340. The fourth-order valence-electron chi connectivity index (χ4n) is 5.91. The van der Waals surface area contributed by atoms with E-state index in [0.29, 0.717) is 29.4 Å². The van der Waals surface area contributed by atoms with E-state index in [-0.39, 0.29) is 27.8 Å². The Morgan fingerprint density at radius 3 is 2.55 bits per heavy atom. The summed E-state index contributed by atoms with van der Waals surface area (Å²) in [6.45, 7) is 7.38. The Labute approximate surface area is 231 Å². The van der Waals surface area contributed by atoms with E-state index < -0.39 is 11.9 Å². The zero-order valence-corrected chi connectivity index (χ0v) is 23.0. The normalized spacial score (nSPS) is 18.1. The third kappa shape index (κ3) is 4.29. The maximum atomic E-state index is 14.1. The van der Waals surface area contributed by atoms with Crippen LogP contribution in [0.2, 0.25) is 10.0 Å². The number of nitrogens with one attached hydrogen (secondary N) is 1. The van der Waals surface area contributed by atoms with Crippen LogP contribution in [0.4, 0.5) is 20.7 Å². The molecule has 0 saturated carbocycles. The van der Waals surface area contributed by atoms with Crippen LogP contribution in [0, 0.1) is 5.82 Å². The molecule has 10 heteroatoms. The molecule has 0 unspecified atom stereocenters.